The molecule has 2 fully saturated rings. The first-order valence-corrected chi connectivity index (χ1v) is 15.0. The van der Waals surface area contributed by atoms with Gasteiger partial charge in [-0.15, -0.1) is 0 Å². The molecule has 3 aliphatic rings. The molecule has 0 spiro atoms. The predicted molar refractivity (Wildman–Crippen MR) is 154 cm³/mol. The normalized spacial score (nSPS) is 17.6. The summed E-state index contributed by atoms with van der Waals surface area (Å²) in [6.45, 7) is 4.80. The maximum absolute atomic E-state index is 13.8. The summed E-state index contributed by atoms with van der Waals surface area (Å²) in [5, 5.41) is 1.28. The predicted octanol–water partition coefficient (Wildman–Crippen LogP) is 4.21. The van der Waals surface area contributed by atoms with Gasteiger partial charge in [0, 0.05) is 44.3 Å². The molecule has 8 nitrogen and oxygen atoms in total. The van der Waals surface area contributed by atoms with Crippen molar-refractivity contribution in [2.75, 3.05) is 19.6 Å². The van der Waals surface area contributed by atoms with Crippen molar-refractivity contribution in [1.82, 2.24) is 19.4 Å². The van der Waals surface area contributed by atoms with Gasteiger partial charge in [-0.1, -0.05) is 55.4 Å². The van der Waals surface area contributed by atoms with Gasteiger partial charge in [-0.05, 0) is 42.7 Å². The lowest BCUT2D eigenvalue weighted by Crippen LogP contribution is -2.55. The third-order valence-electron chi connectivity index (χ3n) is 8.01. The second kappa shape index (κ2) is 11.6. The summed E-state index contributed by atoms with van der Waals surface area (Å²) < 4.78 is 6.99. The van der Waals surface area contributed by atoms with Crippen molar-refractivity contribution in [3.05, 3.63) is 81.8 Å². The number of fused-ring (bicyclic) bond motifs is 1. The number of hydrogen-bond acceptors (Lipinski definition) is 7. The summed E-state index contributed by atoms with van der Waals surface area (Å²) >= 11 is 1.71. The Balaban J connectivity index is 1.11. The topological polar surface area (TPSA) is 84.7 Å². The van der Waals surface area contributed by atoms with E-state index in [0.29, 0.717) is 55.6 Å². The Kier molecular flexibility index (Phi) is 7.76. The quantitative estimate of drug-likeness (QED) is 0.233. The van der Waals surface area contributed by atoms with Crippen LogP contribution >= 0.6 is 11.8 Å². The maximum atomic E-state index is 13.8. The molecule has 0 bridgehead atoms. The molecule has 3 aromatic rings. The van der Waals surface area contributed by atoms with Crippen LogP contribution in [0.2, 0.25) is 0 Å². The number of esters is 1. The minimum Gasteiger partial charge on any atom is -0.427 e. The molecule has 1 saturated heterocycles. The van der Waals surface area contributed by atoms with Crippen molar-refractivity contribution in [2.24, 2.45) is 5.92 Å². The van der Waals surface area contributed by atoms with Gasteiger partial charge in [0.15, 0.2) is 5.16 Å². The molecule has 208 valence electrons. The van der Waals surface area contributed by atoms with E-state index in [4.69, 9.17) is 9.72 Å². The Bertz CT molecular complexity index is 1450. The first-order chi connectivity index (χ1) is 19.5. The van der Waals surface area contributed by atoms with Gasteiger partial charge in [0.25, 0.3) is 5.56 Å². The average Bonchev–Trinajstić information content (AvgIpc) is 2.93. The molecule has 2 aromatic carbocycles. The number of nitrogens with zero attached hydrogens (tertiary/aromatic N) is 4. The van der Waals surface area contributed by atoms with Crippen molar-refractivity contribution in [3.8, 4) is 11.4 Å². The molecule has 1 aliphatic carbocycles. The van der Waals surface area contributed by atoms with Crippen LogP contribution in [0.4, 0.5) is 0 Å². The molecule has 0 unspecified atom stereocenters. The highest BCUT2D eigenvalue weighted by molar-refractivity contribution is 7.99. The molecular formula is C31H34N4O4S. The monoisotopic (exact) mass is 558 g/mol. The Hall–Kier alpha value is -3.43. The number of carbonyl (C=O) groups is 2. The lowest BCUT2D eigenvalue weighted by Gasteiger charge is -2.41. The van der Waals surface area contributed by atoms with Crippen molar-refractivity contribution in [1.29, 1.82) is 0 Å². The van der Waals surface area contributed by atoms with Gasteiger partial charge < -0.3 is 9.64 Å². The number of hydrogen-bond donors (Lipinski definition) is 0. The van der Waals surface area contributed by atoms with Crippen LogP contribution in [0.5, 0.6) is 5.75 Å². The second-order valence-electron chi connectivity index (χ2n) is 10.8. The molecule has 1 amide bonds. The van der Waals surface area contributed by atoms with Crippen LogP contribution in [0, 0.1) is 5.92 Å². The third-order valence-corrected chi connectivity index (χ3v) is 9.30. The lowest BCUT2D eigenvalue weighted by molar-refractivity contribution is -0.142. The summed E-state index contributed by atoms with van der Waals surface area (Å²) in [7, 11) is 0. The number of ether oxygens (including phenoxy) is 1. The van der Waals surface area contributed by atoms with E-state index in [-0.39, 0.29) is 23.4 Å². The van der Waals surface area contributed by atoms with E-state index in [1.807, 2.05) is 59.5 Å². The highest BCUT2D eigenvalue weighted by atomic mass is 32.2. The number of likely N-dealkylation sites (tertiary alicyclic amines) is 1. The molecule has 40 heavy (non-hydrogen) atoms. The molecule has 1 saturated carbocycles. The molecule has 6 rings (SSSR count). The van der Waals surface area contributed by atoms with Gasteiger partial charge in [0.2, 0.25) is 5.91 Å². The Morgan fingerprint density at radius 3 is 2.48 bits per heavy atom. The van der Waals surface area contributed by atoms with E-state index in [1.165, 1.54) is 6.42 Å². The molecule has 0 radical (unpaired) electrons. The molecule has 0 N–H and O–H groups in total. The van der Waals surface area contributed by atoms with Crippen LogP contribution in [0.3, 0.4) is 0 Å². The molecule has 9 heteroatoms. The fourth-order valence-corrected chi connectivity index (χ4v) is 6.73. The van der Waals surface area contributed by atoms with E-state index in [9.17, 15) is 14.4 Å². The summed E-state index contributed by atoms with van der Waals surface area (Å²) in [6, 6.07) is 17.2. The number of para-hydroxylation sites is 1. The van der Waals surface area contributed by atoms with Crippen LogP contribution in [-0.4, -0.2) is 56.1 Å². The zero-order chi connectivity index (χ0) is 27.6. The summed E-state index contributed by atoms with van der Waals surface area (Å²) in [5.74, 6) is 0.346. The van der Waals surface area contributed by atoms with Crippen LogP contribution in [0.25, 0.3) is 5.69 Å². The van der Waals surface area contributed by atoms with Crippen LogP contribution in [0.1, 0.15) is 49.4 Å². The van der Waals surface area contributed by atoms with Gasteiger partial charge in [-0.3, -0.25) is 23.9 Å². The Morgan fingerprint density at radius 1 is 1.05 bits per heavy atom. The Labute approximate surface area is 238 Å². The number of thioether (sulfide) groups is 1. The summed E-state index contributed by atoms with van der Waals surface area (Å²) in [4.78, 5) is 47.8. The second-order valence-corrected chi connectivity index (χ2v) is 12.1. The van der Waals surface area contributed by atoms with Gasteiger partial charge in [-0.25, -0.2) is 4.98 Å². The van der Waals surface area contributed by atoms with E-state index < -0.39 is 0 Å². The van der Waals surface area contributed by atoms with E-state index in [1.54, 1.807) is 23.3 Å². The van der Waals surface area contributed by atoms with Gasteiger partial charge in [-0.2, -0.15) is 0 Å². The fraction of sp³-hybridized carbons (Fsp3) is 0.419. The highest BCUT2D eigenvalue weighted by Crippen LogP contribution is 2.36. The van der Waals surface area contributed by atoms with E-state index in [2.05, 4.69) is 4.90 Å². The zero-order valence-corrected chi connectivity index (χ0v) is 23.6. The first-order valence-electron chi connectivity index (χ1n) is 14.2. The van der Waals surface area contributed by atoms with Gasteiger partial charge >= 0.3 is 5.97 Å². The standard InChI is InChI=1S/C31H34N4O4S/c1-2-28(36)39-24-13-11-21(12-14-24)17-33-18-22(19-33)29(37)34-16-15-27-26(20-34)30(38)35(23-7-4-3-5-8-23)31(32-27)40-25-9-6-10-25/h3-5,7-8,11-14,22,25H,2,6,9-10,15-20H2,1H3. The van der Waals surface area contributed by atoms with Gasteiger partial charge in [0.05, 0.1) is 29.4 Å². The minimum atomic E-state index is -0.250. The number of benzene rings is 2. The molecular weight excluding hydrogens is 524 g/mol. The number of aromatic nitrogens is 2. The Morgan fingerprint density at radius 2 is 1.80 bits per heavy atom. The smallest absolute Gasteiger partial charge is 0.310 e. The van der Waals surface area contributed by atoms with Crippen molar-refractivity contribution in [3.63, 3.8) is 0 Å². The SMILES string of the molecule is CCC(=O)Oc1ccc(CN2CC(C(=O)N3CCc4nc(SC5CCC5)n(-c5ccccc5)c(=O)c4C3)C2)cc1. The first kappa shape index (κ1) is 26.8. The zero-order valence-electron chi connectivity index (χ0n) is 22.8. The van der Waals surface area contributed by atoms with Crippen LogP contribution in [-0.2, 0) is 29.1 Å². The molecule has 0 atom stereocenters. The number of carbonyl (C=O) groups excluding carboxylic acids is 2. The lowest BCUT2D eigenvalue weighted by atomic mass is 9.96. The molecule has 3 heterocycles. The third kappa shape index (κ3) is 5.58. The van der Waals surface area contributed by atoms with E-state index in [0.717, 1.165) is 41.5 Å². The van der Waals surface area contributed by atoms with Crippen molar-refractivity contribution < 1.29 is 14.3 Å². The largest absolute Gasteiger partial charge is 0.427 e. The van der Waals surface area contributed by atoms with E-state index >= 15 is 0 Å². The molecule has 2 aliphatic heterocycles. The van der Waals surface area contributed by atoms with Gasteiger partial charge in [0.1, 0.15) is 5.75 Å². The number of amides is 1. The highest BCUT2D eigenvalue weighted by Gasteiger charge is 2.37. The molecule has 1 aromatic heterocycles. The minimum absolute atomic E-state index is 0.0566. The van der Waals surface area contributed by atoms with Crippen molar-refractivity contribution in [2.45, 2.75) is 62.5 Å². The summed E-state index contributed by atoms with van der Waals surface area (Å²) in [6.07, 6.45) is 4.50. The maximum Gasteiger partial charge on any atom is 0.310 e. The van der Waals surface area contributed by atoms with Crippen LogP contribution in [0.15, 0.2) is 64.5 Å². The van der Waals surface area contributed by atoms with Crippen molar-refractivity contribution >= 4 is 23.6 Å². The summed E-state index contributed by atoms with van der Waals surface area (Å²) in [5.41, 5.74) is 3.35. The fourth-order valence-electron chi connectivity index (χ4n) is 5.40. The van der Waals surface area contributed by atoms with Crippen LogP contribution < -0.4 is 10.3 Å². The average molecular weight is 559 g/mol. The number of rotatable bonds is 8.